The Morgan fingerprint density at radius 3 is 2.86 bits per heavy atom. The normalized spacial score (nSPS) is 22.2. The largest absolute Gasteiger partial charge is 0.388 e. The molecule has 118 valence electrons. The third-order valence-corrected chi connectivity index (χ3v) is 5.41. The van der Waals surface area contributed by atoms with Crippen LogP contribution in [0.15, 0.2) is 18.2 Å². The highest BCUT2D eigenvalue weighted by atomic mass is 35.5. The summed E-state index contributed by atoms with van der Waals surface area (Å²) in [6, 6.07) is 4.23. The molecule has 1 aromatic carbocycles. The fourth-order valence-corrected chi connectivity index (χ4v) is 3.75. The van der Waals surface area contributed by atoms with E-state index in [-0.39, 0.29) is 10.9 Å². The van der Waals surface area contributed by atoms with Crippen molar-refractivity contribution in [3.05, 3.63) is 34.6 Å². The Labute approximate surface area is 129 Å². The second-order valence-electron chi connectivity index (χ2n) is 5.55. The summed E-state index contributed by atoms with van der Waals surface area (Å²) >= 11 is 5.62. The average Bonchev–Trinajstić information content (AvgIpc) is 2.41. The molecule has 1 aromatic rings. The minimum atomic E-state index is -3.20. The molecule has 0 spiro atoms. The lowest BCUT2D eigenvalue weighted by molar-refractivity contribution is 0.122. The Morgan fingerprint density at radius 1 is 1.52 bits per heavy atom. The van der Waals surface area contributed by atoms with Gasteiger partial charge in [0.1, 0.15) is 5.82 Å². The van der Waals surface area contributed by atoms with Gasteiger partial charge >= 0.3 is 0 Å². The summed E-state index contributed by atoms with van der Waals surface area (Å²) in [5, 5.41) is 10.2. The molecule has 1 aliphatic rings. The van der Waals surface area contributed by atoms with Crippen molar-refractivity contribution in [1.29, 1.82) is 0 Å². The van der Waals surface area contributed by atoms with Gasteiger partial charge in [0.05, 0.1) is 17.4 Å². The lowest BCUT2D eigenvalue weighted by Crippen LogP contribution is -2.39. The molecule has 1 N–H and O–H groups in total. The van der Waals surface area contributed by atoms with Gasteiger partial charge in [-0.15, -0.1) is 0 Å². The Bertz CT molecular complexity index is 608. The van der Waals surface area contributed by atoms with E-state index < -0.39 is 21.9 Å². The number of aliphatic hydroxyl groups is 1. The first-order chi connectivity index (χ1) is 9.77. The maximum absolute atomic E-state index is 13.4. The summed E-state index contributed by atoms with van der Waals surface area (Å²) in [6.07, 6.45) is 2.42. The Balaban J connectivity index is 2.02. The van der Waals surface area contributed by atoms with Crippen molar-refractivity contribution in [1.82, 2.24) is 4.31 Å². The van der Waals surface area contributed by atoms with Gasteiger partial charge in [-0.25, -0.2) is 17.1 Å². The van der Waals surface area contributed by atoms with Crippen LogP contribution in [0.4, 0.5) is 4.39 Å². The third-order valence-electron chi connectivity index (χ3n) is 3.84. The zero-order valence-corrected chi connectivity index (χ0v) is 13.4. The molecular formula is C14H19ClFNO3S. The molecule has 1 saturated heterocycles. The van der Waals surface area contributed by atoms with E-state index in [4.69, 9.17) is 11.6 Å². The van der Waals surface area contributed by atoms with Gasteiger partial charge in [0.2, 0.25) is 10.0 Å². The summed E-state index contributed by atoms with van der Waals surface area (Å²) < 4.78 is 38.0. The predicted molar refractivity (Wildman–Crippen MR) is 80.1 cm³/mol. The van der Waals surface area contributed by atoms with E-state index in [1.165, 1.54) is 22.7 Å². The van der Waals surface area contributed by atoms with Crippen LogP contribution in [0.2, 0.25) is 5.02 Å². The first kappa shape index (κ1) is 16.7. The predicted octanol–water partition coefficient (Wildman–Crippen LogP) is 2.57. The summed E-state index contributed by atoms with van der Waals surface area (Å²) in [5.74, 6) is -0.489. The number of hydrogen-bond acceptors (Lipinski definition) is 3. The molecule has 21 heavy (non-hydrogen) atoms. The van der Waals surface area contributed by atoms with Gasteiger partial charge in [0, 0.05) is 13.1 Å². The van der Waals surface area contributed by atoms with Gasteiger partial charge in [-0.3, -0.25) is 0 Å². The van der Waals surface area contributed by atoms with Crippen molar-refractivity contribution in [3.8, 4) is 0 Å². The van der Waals surface area contributed by atoms with Crippen LogP contribution < -0.4 is 0 Å². The van der Waals surface area contributed by atoms with Gasteiger partial charge in [-0.1, -0.05) is 17.7 Å². The molecule has 2 unspecified atom stereocenters. The van der Waals surface area contributed by atoms with Crippen LogP contribution in [-0.2, 0) is 10.0 Å². The molecule has 0 aliphatic carbocycles. The molecule has 7 heteroatoms. The van der Waals surface area contributed by atoms with Crippen LogP contribution in [0, 0.1) is 11.7 Å². The molecular weight excluding hydrogens is 317 g/mol. The molecule has 0 amide bonds. The van der Waals surface area contributed by atoms with Crippen molar-refractivity contribution in [2.45, 2.75) is 25.4 Å². The molecule has 0 bridgehead atoms. The minimum Gasteiger partial charge on any atom is -0.388 e. The molecule has 2 rings (SSSR count). The fraction of sp³-hybridized carbons (Fsp3) is 0.571. The standard InChI is InChI=1S/C14H19ClFNO3S/c1-21(19,20)17-6-2-3-10(9-17)7-14(18)11-4-5-12(15)13(16)8-11/h4-5,8,10,14,18H,2-3,6-7,9H2,1H3. The Kier molecular flexibility index (Phi) is 5.24. The zero-order chi connectivity index (χ0) is 15.6. The van der Waals surface area contributed by atoms with E-state index >= 15 is 0 Å². The van der Waals surface area contributed by atoms with Crippen molar-refractivity contribution in [2.75, 3.05) is 19.3 Å². The maximum Gasteiger partial charge on any atom is 0.211 e. The van der Waals surface area contributed by atoms with Crippen LogP contribution >= 0.6 is 11.6 Å². The molecule has 1 aliphatic heterocycles. The maximum atomic E-state index is 13.4. The van der Waals surface area contributed by atoms with E-state index in [1.807, 2.05) is 0 Å². The molecule has 0 saturated carbocycles. The molecule has 0 radical (unpaired) electrons. The second kappa shape index (κ2) is 6.60. The van der Waals surface area contributed by atoms with Gasteiger partial charge in [0.25, 0.3) is 0 Å². The summed E-state index contributed by atoms with van der Waals surface area (Å²) in [7, 11) is -3.20. The fourth-order valence-electron chi connectivity index (χ4n) is 2.69. The molecule has 4 nitrogen and oxygen atoms in total. The number of sulfonamides is 1. The SMILES string of the molecule is CS(=O)(=O)N1CCCC(CC(O)c2ccc(Cl)c(F)c2)C1. The summed E-state index contributed by atoms with van der Waals surface area (Å²) in [5.41, 5.74) is 0.466. The Morgan fingerprint density at radius 2 is 2.24 bits per heavy atom. The summed E-state index contributed by atoms with van der Waals surface area (Å²) in [4.78, 5) is 0. The van der Waals surface area contributed by atoms with Gasteiger partial charge < -0.3 is 5.11 Å². The van der Waals surface area contributed by atoms with E-state index in [0.29, 0.717) is 25.1 Å². The highest BCUT2D eigenvalue weighted by Crippen LogP contribution is 2.29. The Hall–Kier alpha value is -0.690. The average molecular weight is 336 g/mol. The first-order valence-electron chi connectivity index (χ1n) is 6.85. The van der Waals surface area contributed by atoms with Gasteiger partial charge in [-0.2, -0.15) is 0 Å². The number of benzene rings is 1. The lowest BCUT2D eigenvalue weighted by Gasteiger charge is -2.32. The van der Waals surface area contributed by atoms with Crippen molar-refractivity contribution >= 4 is 21.6 Å². The monoisotopic (exact) mass is 335 g/mol. The number of halogens is 2. The van der Waals surface area contributed by atoms with Gasteiger partial charge in [-0.05, 0) is 42.9 Å². The first-order valence-corrected chi connectivity index (χ1v) is 9.08. The summed E-state index contributed by atoms with van der Waals surface area (Å²) in [6.45, 7) is 0.937. The molecule has 1 fully saturated rings. The smallest absolute Gasteiger partial charge is 0.211 e. The molecule has 2 atom stereocenters. The van der Waals surface area contributed by atoms with E-state index in [1.54, 1.807) is 6.07 Å². The van der Waals surface area contributed by atoms with E-state index in [9.17, 15) is 17.9 Å². The van der Waals surface area contributed by atoms with E-state index in [0.717, 1.165) is 12.8 Å². The van der Waals surface area contributed by atoms with Crippen LogP contribution in [0.3, 0.4) is 0 Å². The van der Waals surface area contributed by atoms with Crippen LogP contribution in [0.1, 0.15) is 30.9 Å². The van der Waals surface area contributed by atoms with Crippen molar-refractivity contribution in [3.63, 3.8) is 0 Å². The number of nitrogens with zero attached hydrogens (tertiary/aromatic N) is 1. The quantitative estimate of drug-likeness (QED) is 0.920. The minimum absolute atomic E-state index is 0.0202. The van der Waals surface area contributed by atoms with Crippen LogP contribution in [0.5, 0.6) is 0 Å². The van der Waals surface area contributed by atoms with Gasteiger partial charge in [0.15, 0.2) is 0 Å². The number of aliphatic hydroxyl groups excluding tert-OH is 1. The topological polar surface area (TPSA) is 57.6 Å². The number of piperidine rings is 1. The van der Waals surface area contributed by atoms with Crippen LogP contribution in [0.25, 0.3) is 0 Å². The van der Waals surface area contributed by atoms with Crippen molar-refractivity contribution in [2.24, 2.45) is 5.92 Å². The molecule has 1 heterocycles. The third kappa shape index (κ3) is 4.39. The highest BCUT2D eigenvalue weighted by Gasteiger charge is 2.27. The second-order valence-corrected chi connectivity index (χ2v) is 7.94. The zero-order valence-electron chi connectivity index (χ0n) is 11.8. The van der Waals surface area contributed by atoms with Crippen LogP contribution in [-0.4, -0.2) is 37.2 Å². The van der Waals surface area contributed by atoms with Crippen molar-refractivity contribution < 1.29 is 17.9 Å². The highest BCUT2D eigenvalue weighted by molar-refractivity contribution is 7.88. The molecule has 0 aromatic heterocycles. The lowest BCUT2D eigenvalue weighted by atomic mass is 9.91. The number of hydrogen-bond donors (Lipinski definition) is 1. The van der Waals surface area contributed by atoms with E-state index in [2.05, 4.69) is 0 Å². The number of rotatable bonds is 4.